The first-order chi connectivity index (χ1) is 9.42. The number of carboxylic acids is 1. The second-order valence-electron chi connectivity index (χ2n) is 4.30. The summed E-state index contributed by atoms with van der Waals surface area (Å²) in [4.78, 5) is 34.8. The number of hydrogen-bond donors (Lipinski definition) is 3. The normalized spacial score (nSPS) is 10.2. The second-order valence-corrected chi connectivity index (χ2v) is 4.30. The molecule has 1 aromatic rings. The van der Waals surface area contributed by atoms with Crippen LogP contribution in [-0.2, 0) is 11.3 Å². The van der Waals surface area contributed by atoms with Crippen LogP contribution in [0.3, 0.4) is 0 Å². The minimum absolute atomic E-state index is 0.0636. The summed E-state index contributed by atoms with van der Waals surface area (Å²) in [6, 6.07) is 5.86. The summed E-state index contributed by atoms with van der Waals surface area (Å²) in [5.41, 5.74) is 1.10. The number of nitrogens with zero attached hydrogens (tertiary/aromatic N) is 1. The summed E-state index contributed by atoms with van der Waals surface area (Å²) in [5.74, 6) is -1.39. The first kappa shape index (κ1) is 15.6. The summed E-state index contributed by atoms with van der Waals surface area (Å²) in [6.07, 6.45) is 0. The molecule has 1 rings (SSSR count). The van der Waals surface area contributed by atoms with Crippen LogP contribution in [0, 0.1) is 0 Å². The van der Waals surface area contributed by atoms with Gasteiger partial charge in [0.05, 0.1) is 12.1 Å². The van der Waals surface area contributed by atoms with Gasteiger partial charge in [-0.1, -0.05) is 12.1 Å². The number of carboxylic acid groups (broad SMARTS) is 1. The maximum Gasteiger partial charge on any atom is 0.335 e. The number of carbonyl (C=O) groups is 3. The smallest absolute Gasteiger partial charge is 0.335 e. The lowest BCUT2D eigenvalue weighted by Gasteiger charge is -2.16. The van der Waals surface area contributed by atoms with Gasteiger partial charge < -0.3 is 10.4 Å². The van der Waals surface area contributed by atoms with Gasteiger partial charge in [-0.3, -0.25) is 15.0 Å². The lowest BCUT2D eigenvalue weighted by molar-refractivity contribution is -0.120. The molecule has 0 aliphatic rings. The Morgan fingerprint density at radius 3 is 2.30 bits per heavy atom. The first-order valence-electron chi connectivity index (χ1n) is 5.94. The molecule has 7 nitrogen and oxygen atoms in total. The van der Waals surface area contributed by atoms with Gasteiger partial charge in [0, 0.05) is 13.6 Å². The zero-order chi connectivity index (χ0) is 15.1. The molecular weight excluding hydrogens is 262 g/mol. The molecule has 1 aromatic carbocycles. The van der Waals surface area contributed by atoms with E-state index in [4.69, 9.17) is 5.11 Å². The standard InChI is InChI=1S/C13H17N3O4/c1-14-13(20)15-11(17)8-16(2)7-9-3-5-10(6-4-9)12(18)19/h3-6H,7-8H2,1-2H3,(H,18,19)(H2,14,15,17,20). The summed E-state index contributed by atoms with van der Waals surface area (Å²) in [7, 11) is 3.16. The van der Waals surface area contributed by atoms with Crippen molar-refractivity contribution in [3.05, 3.63) is 35.4 Å². The third kappa shape index (κ3) is 5.07. The van der Waals surface area contributed by atoms with Crippen molar-refractivity contribution in [3.8, 4) is 0 Å². The molecule has 0 radical (unpaired) electrons. The number of imide groups is 1. The van der Waals surface area contributed by atoms with Crippen LogP contribution in [0.4, 0.5) is 4.79 Å². The van der Waals surface area contributed by atoms with E-state index in [1.807, 2.05) is 0 Å². The lowest BCUT2D eigenvalue weighted by atomic mass is 10.1. The molecule has 0 atom stereocenters. The monoisotopic (exact) mass is 279 g/mol. The van der Waals surface area contributed by atoms with Crippen molar-refractivity contribution < 1.29 is 19.5 Å². The van der Waals surface area contributed by atoms with Crippen LogP contribution in [0.15, 0.2) is 24.3 Å². The molecule has 108 valence electrons. The Labute approximate surface area is 116 Å². The lowest BCUT2D eigenvalue weighted by Crippen LogP contribution is -2.42. The molecule has 0 bridgehead atoms. The van der Waals surface area contributed by atoms with Crippen molar-refractivity contribution in [1.82, 2.24) is 15.5 Å². The Morgan fingerprint density at radius 2 is 1.80 bits per heavy atom. The van der Waals surface area contributed by atoms with Crippen molar-refractivity contribution in [1.29, 1.82) is 0 Å². The van der Waals surface area contributed by atoms with Gasteiger partial charge >= 0.3 is 12.0 Å². The van der Waals surface area contributed by atoms with E-state index in [9.17, 15) is 14.4 Å². The van der Waals surface area contributed by atoms with E-state index in [1.54, 1.807) is 24.1 Å². The number of amides is 3. The molecule has 7 heteroatoms. The quantitative estimate of drug-likeness (QED) is 0.718. The third-order valence-electron chi connectivity index (χ3n) is 2.55. The molecule has 0 saturated carbocycles. The minimum atomic E-state index is -0.977. The fourth-order valence-corrected chi connectivity index (χ4v) is 1.59. The number of carbonyl (C=O) groups excluding carboxylic acids is 2. The van der Waals surface area contributed by atoms with E-state index in [0.29, 0.717) is 6.54 Å². The molecule has 3 amide bonds. The Bertz CT molecular complexity index is 499. The van der Waals surface area contributed by atoms with Gasteiger partial charge in [-0.05, 0) is 24.7 Å². The van der Waals surface area contributed by atoms with Gasteiger partial charge in [-0.2, -0.15) is 0 Å². The van der Waals surface area contributed by atoms with Crippen LogP contribution in [0.1, 0.15) is 15.9 Å². The summed E-state index contributed by atoms with van der Waals surface area (Å²) >= 11 is 0. The Hall–Kier alpha value is -2.41. The highest BCUT2D eigenvalue weighted by molar-refractivity contribution is 5.95. The van der Waals surface area contributed by atoms with Gasteiger partial charge in [0.2, 0.25) is 5.91 Å². The van der Waals surface area contributed by atoms with Crippen molar-refractivity contribution >= 4 is 17.9 Å². The molecular formula is C13H17N3O4. The van der Waals surface area contributed by atoms with Gasteiger partial charge in [0.1, 0.15) is 0 Å². The van der Waals surface area contributed by atoms with Crippen LogP contribution >= 0.6 is 0 Å². The Balaban J connectivity index is 2.49. The third-order valence-corrected chi connectivity index (χ3v) is 2.55. The fraction of sp³-hybridized carbons (Fsp3) is 0.308. The average molecular weight is 279 g/mol. The predicted octanol–water partition coefficient (Wildman–Crippen LogP) is 0.272. The molecule has 20 heavy (non-hydrogen) atoms. The summed E-state index contributed by atoms with van der Waals surface area (Å²) in [6.45, 7) is 0.537. The van der Waals surface area contributed by atoms with E-state index in [2.05, 4.69) is 10.6 Å². The highest BCUT2D eigenvalue weighted by Gasteiger charge is 2.10. The summed E-state index contributed by atoms with van der Waals surface area (Å²) in [5, 5.41) is 13.2. The molecule has 0 aromatic heterocycles. The number of nitrogens with one attached hydrogen (secondary N) is 2. The Morgan fingerprint density at radius 1 is 1.20 bits per heavy atom. The molecule has 0 aliphatic heterocycles. The molecule has 0 fully saturated rings. The van der Waals surface area contributed by atoms with Gasteiger partial charge in [-0.15, -0.1) is 0 Å². The predicted molar refractivity (Wildman–Crippen MR) is 72.3 cm³/mol. The number of urea groups is 1. The van der Waals surface area contributed by atoms with Gasteiger partial charge in [0.15, 0.2) is 0 Å². The Kier molecular flexibility index (Phi) is 5.67. The van der Waals surface area contributed by atoms with E-state index >= 15 is 0 Å². The van der Waals surface area contributed by atoms with Crippen molar-refractivity contribution in [3.63, 3.8) is 0 Å². The minimum Gasteiger partial charge on any atom is -0.478 e. The van der Waals surface area contributed by atoms with Gasteiger partial charge in [-0.25, -0.2) is 9.59 Å². The molecule has 0 spiro atoms. The van der Waals surface area contributed by atoms with Crippen LogP contribution in [-0.4, -0.2) is 48.6 Å². The average Bonchev–Trinajstić information content (AvgIpc) is 2.38. The number of aromatic carboxylic acids is 1. The number of benzene rings is 1. The molecule has 0 heterocycles. The SMILES string of the molecule is CNC(=O)NC(=O)CN(C)Cc1ccc(C(=O)O)cc1. The van der Waals surface area contributed by atoms with Crippen LogP contribution in [0.2, 0.25) is 0 Å². The number of rotatable bonds is 5. The molecule has 0 unspecified atom stereocenters. The fourth-order valence-electron chi connectivity index (χ4n) is 1.59. The van der Waals surface area contributed by atoms with Crippen LogP contribution in [0.25, 0.3) is 0 Å². The van der Waals surface area contributed by atoms with E-state index in [0.717, 1.165) is 5.56 Å². The molecule has 3 N–H and O–H groups in total. The maximum absolute atomic E-state index is 11.5. The van der Waals surface area contributed by atoms with Crippen LogP contribution < -0.4 is 10.6 Å². The van der Waals surface area contributed by atoms with Gasteiger partial charge in [0.25, 0.3) is 0 Å². The molecule has 0 saturated heterocycles. The van der Waals surface area contributed by atoms with E-state index < -0.39 is 17.9 Å². The van der Waals surface area contributed by atoms with Crippen LogP contribution in [0.5, 0.6) is 0 Å². The van der Waals surface area contributed by atoms with E-state index in [1.165, 1.54) is 19.2 Å². The molecule has 0 aliphatic carbocycles. The summed E-state index contributed by atoms with van der Waals surface area (Å²) < 4.78 is 0. The van der Waals surface area contributed by atoms with Crippen molar-refractivity contribution in [2.75, 3.05) is 20.6 Å². The van der Waals surface area contributed by atoms with Crippen molar-refractivity contribution in [2.45, 2.75) is 6.54 Å². The number of hydrogen-bond acceptors (Lipinski definition) is 4. The second kappa shape index (κ2) is 7.25. The highest BCUT2D eigenvalue weighted by Crippen LogP contribution is 2.06. The maximum atomic E-state index is 11.5. The number of likely N-dealkylation sites (N-methyl/N-ethyl adjacent to an activating group) is 1. The first-order valence-corrected chi connectivity index (χ1v) is 5.94. The zero-order valence-electron chi connectivity index (χ0n) is 11.3. The zero-order valence-corrected chi connectivity index (χ0v) is 11.3. The highest BCUT2D eigenvalue weighted by atomic mass is 16.4. The topological polar surface area (TPSA) is 98.7 Å². The van der Waals surface area contributed by atoms with Crippen molar-refractivity contribution in [2.24, 2.45) is 0 Å². The van der Waals surface area contributed by atoms with E-state index in [-0.39, 0.29) is 12.1 Å². The largest absolute Gasteiger partial charge is 0.478 e.